The molecule has 0 bridgehead atoms. The number of sulfonamides is 1. The van der Waals surface area contributed by atoms with E-state index < -0.39 is 17.3 Å². The van der Waals surface area contributed by atoms with E-state index in [0.29, 0.717) is 5.69 Å². The Hall–Kier alpha value is -0.920. The highest BCUT2D eigenvalue weighted by atomic mass is 32.2. The first-order chi connectivity index (χ1) is 13.6. The lowest BCUT2D eigenvalue weighted by atomic mass is 10.2. The molecule has 5 nitrogen and oxygen atoms in total. The van der Waals surface area contributed by atoms with E-state index >= 15 is 0 Å². The first kappa shape index (κ1) is 22.8. The highest BCUT2D eigenvalue weighted by Gasteiger charge is 2.23. The third-order valence-corrected chi connectivity index (χ3v) is 8.94. The lowest BCUT2D eigenvalue weighted by Crippen LogP contribution is -2.47. The molecule has 1 aliphatic heterocycles. The van der Waals surface area contributed by atoms with E-state index in [9.17, 15) is 8.42 Å². The van der Waals surface area contributed by atoms with Gasteiger partial charge in [-0.05, 0) is 48.5 Å². The zero-order valence-electron chi connectivity index (χ0n) is 17.0. The van der Waals surface area contributed by atoms with Gasteiger partial charge in [0.1, 0.15) is 0 Å². The molecule has 0 aromatic heterocycles. The fourth-order valence-corrected chi connectivity index (χ4v) is 5.80. The number of nitrogens with one attached hydrogen (secondary N) is 1. The lowest BCUT2D eigenvalue weighted by molar-refractivity contribution is 0.287. The summed E-state index contributed by atoms with van der Waals surface area (Å²) in [5, 5.41) is 1.21. The molecule has 0 radical (unpaired) electrons. The molecular formula is C20H29N3O2PS3+. The molecule has 0 aliphatic carbocycles. The predicted molar refractivity (Wildman–Crippen MR) is 134 cm³/mol. The number of benzene rings is 2. The average molecular weight is 471 g/mol. The van der Waals surface area contributed by atoms with Crippen molar-refractivity contribution in [2.75, 3.05) is 55.8 Å². The Morgan fingerprint density at radius 1 is 0.897 bits per heavy atom. The maximum Gasteiger partial charge on any atom is 0.261 e. The fraction of sp³-hybridized carbons (Fsp3) is 0.400. The van der Waals surface area contributed by atoms with Crippen LogP contribution in [0.15, 0.2) is 53.4 Å². The molecule has 2 aromatic carbocycles. The van der Waals surface area contributed by atoms with Crippen LogP contribution in [0.4, 0.5) is 11.4 Å². The SMILES string of the molecule is C[P+](C)(C)c1ccc(S(=O)(=O)Nc2ccc(N3CCN(C(S)S)CC3)cc2)cc1. The summed E-state index contributed by atoms with van der Waals surface area (Å²) >= 11 is 8.74. The van der Waals surface area contributed by atoms with Crippen LogP contribution in [-0.2, 0) is 10.0 Å². The molecule has 29 heavy (non-hydrogen) atoms. The van der Waals surface area contributed by atoms with E-state index in [4.69, 9.17) is 0 Å². The average Bonchev–Trinajstić information content (AvgIpc) is 2.68. The van der Waals surface area contributed by atoms with Crippen LogP contribution in [0.5, 0.6) is 0 Å². The first-order valence-corrected chi connectivity index (χ1v) is 15.1. The maximum absolute atomic E-state index is 12.7. The van der Waals surface area contributed by atoms with Crippen molar-refractivity contribution in [3.63, 3.8) is 0 Å². The number of anilines is 2. The third kappa shape index (κ3) is 5.82. The molecular weight excluding hydrogens is 441 g/mol. The van der Waals surface area contributed by atoms with Gasteiger partial charge in [0.2, 0.25) is 0 Å². The molecule has 158 valence electrons. The zero-order chi connectivity index (χ0) is 21.2. The van der Waals surface area contributed by atoms with Crippen molar-refractivity contribution < 1.29 is 8.42 Å². The fourth-order valence-electron chi connectivity index (χ4n) is 3.24. The van der Waals surface area contributed by atoms with Crippen molar-refractivity contribution in [2.45, 2.75) is 9.60 Å². The molecule has 1 N–H and O–H groups in total. The number of piperazine rings is 1. The number of rotatable bonds is 6. The van der Waals surface area contributed by atoms with E-state index in [2.05, 4.69) is 59.8 Å². The Labute approximate surface area is 186 Å². The molecule has 0 saturated carbocycles. The van der Waals surface area contributed by atoms with Crippen LogP contribution in [0.3, 0.4) is 0 Å². The Morgan fingerprint density at radius 2 is 1.45 bits per heavy atom. The van der Waals surface area contributed by atoms with Gasteiger partial charge in [-0.15, -0.1) is 25.3 Å². The summed E-state index contributed by atoms with van der Waals surface area (Å²) in [5.74, 6) is 0. The molecule has 0 spiro atoms. The zero-order valence-corrected chi connectivity index (χ0v) is 20.5. The van der Waals surface area contributed by atoms with Crippen LogP contribution in [-0.4, -0.2) is 64.2 Å². The summed E-state index contributed by atoms with van der Waals surface area (Å²) in [6.45, 7) is 10.2. The van der Waals surface area contributed by atoms with Crippen LogP contribution >= 0.6 is 32.5 Å². The van der Waals surface area contributed by atoms with Gasteiger partial charge in [0.25, 0.3) is 10.0 Å². The van der Waals surface area contributed by atoms with Crippen LogP contribution < -0.4 is 14.9 Å². The van der Waals surface area contributed by atoms with Crippen molar-refractivity contribution in [3.8, 4) is 0 Å². The van der Waals surface area contributed by atoms with Crippen molar-refractivity contribution in [1.82, 2.24) is 4.90 Å². The van der Waals surface area contributed by atoms with Gasteiger partial charge in [0.05, 0.1) is 34.9 Å². The van der Waals surface area contributed by atoms with E-state index in [0.717, 1.165) is 31.9 Å². The van der Waals surface area contributed by atoms with Crippen molar-refractivity contribution in [3.05, 3.63) is 48.5 Å². The quantitative estimate of drug-likeness (QED) is 0.345. The van der Waals surface area contributed by atoms with Gasteiger partial charge < -0.3 is 4.90 Å². The topological polar surface area (TPSA) is 52.7 Å². The summed E-state index contributed by atoms with van der Waals surface area (Å²) in [6, 6.07) is 14.8. The highest BCUT2D eigenvalue weighted by Crippen LogP contribution is 2.44. The van der Waals surface area contributed by atoms with E-state index in [-0.39, 0.29) is 9.60 Å². The second-order valence-corrected chi connectivity index (χ2v) is 15.6. The standard InChI is InChI=1S/C20H28N3O2PS3/c1-26(2,3)18-8-10-19(11-9-18)29(24,25)21-16-4-6-17(7-5-16)22-12-14-23(15-13-22)20(27)28/h4-11,20-21H,12-15H2,1-3H3,(H-,27,28)/p+1. The van der Waals surface area contributed by atoms with Crippen LogP contribution in [0.1, 0.15) is 0 Å². The molecule has 1 aliphatic rings. The van der Waals surface area contributed by atoms with E-state index in [1.54, 1.807) is 12.1 Å². The largest absolute Gasteiger partial charge is 0.369 e. The Bertz CT molecular complexity index is 919. The number of hydrogen-bond donors (Lipinski definition) is 3. The summed E-state index contributed by atoms with van der Waals surface area (Å²) < 4.78 is 28.1. The van der Waals surface area contributed by atoms with Crippen molar-refractivity contribution >= 4 is 59.2 Å². The molecule has 1 saturated heterocycles. The summed E-state index contributed by atoms with van der Waals surface area (Å²) in [5.41, 5.74) is 1.64. The molecule has 3 rings (SSSR count). The number of thiol groups is 2. The van der Waals surface area contributed by atoms with Crippen molar-refractivity contribution in [2.24, 2.45) is 0 Å². The number of nitrogens with zero attached hydrogens (tertiary/aromatic N) is 2. The minimum Gasteiger partial charge on any atom is -0.369 e. The first-order valence-electron chi connectivity index (χ1n) is 9.46. The van der Waals surface area contributed by atoms with Gasteiger partial charge in [-0.1, -0.05) is 0 Å². The smallest absolute Gasteiger partial charge is 0.261 e. The molecule has 9 heteroatoms. The molecule has 0 atom stereocenters. The van der Waals surface area contributed by atoms with Crippen LogP contribution in [0.25, 0.3) is 0 Å². The van der Waals surface area contributed by atoms with Gasteiger partial charge in [-0.3, -0.25) is 9.62 Å². The van der Waals surface area contributed by atoms with Gasteiger partial charge in [0, 0.05) is 44.8 Å². The Kier molecular flexibility index (Phi) is 7.11. The minimum atomic E-state index is -3.61. The van der Waals surface area contributed by atoms with Gasteiger partial charge in [-0.25, -0.2) is 8.42 Å². The second kappa shape index (κ2) is 9.06. The third-order valence-electron chi connectivity index (χ3n) is 5.05. The van der Waals surface area contributed by atoms with E-state index in [1.165, 1.54) is 5.30 Å². The summed E-state index contributed by atoms with van der Waals surface area (Å²) in [7, 11) is -4.77. The van der Waals surface area contributed by atoms with Crippen LogP contribution in [0.2, 0.25) is 0 Å². The Balaban J connectivity index is 1.66. The molecule has 0 amide bonds. The van der Waals surface area contributed by atoms with Gasteiger partial charge in [0.15, 0.2) is 0 Å². The monoisotopic (exact) mass is 470 g/mol. The summed E-state index contributed by atoms with van der Waals surface area (Å²) in [4.78, 5) is 4.77. The summed E-state index contributed by atoms with van der Waals surface area (Å²) in [6.07, 6.45) is 0. The number of hydrogen-bond acceptors (Lipinski definition) is 6. The Morgan fingerprint density at radius 3 is 1.93 bits per heavy atom. The predicted octanol–water partition coefficient (Wildman–Crippen LogP) is 3.28. The molecule has 0 unspecified atom stereocenters. The maximum atomic E-state index is 12.7. The second-order valence-electron chi connectivity index (χ2n) is 8.03. The van der Waals surface area contributed by atoms with Gasteiger partial charge in [-0.2, -0.15) is 0 Å². The van der Waals surface area contributed by atoms with Gasteiger partial charge >= 0.3 is 0 Å². The minimum absolute atomic E-state index is 0.0340. The molecule has 1 fully saturated rings. The normalized spacial score (nSPS) is 16.3. The molecule has 1 heterocycles. The highest BCUT2D eigenvalue weighted by molar-refractivity contribution is 7.99. The molecule has 2 aromatic rings. The van der Waals surface area contributed by atoms with Crippen LogP contribution in [0, 0.1) is 0 Å². The van der Waals surface area contributed by atoms with Crippen molar-refractivity contribution in [1.29, 1.82) is 0 Å². The van der Waals surface area contributed by atoms with E-state index in [1.807, 2.05) is 36.4 Å². The lowest BCUT2D eigenvalue weighted by Gasteiger charge is -2.37.